The first-order chi connectivity index (χ1) is 5.50. The number of hydrogen-bond acceptors (Lipinski definition) is 2. The van der Waals surface area contributed by atoms with E-state index in [1.54, 1.807) is 13.8 Å². The molecule has 0 radical (unpaired) electrons. The molecular formula is C8H17ClO2S. The molecule has 0 aromatic carbocycles. The maximum absolute atomic E-state index is 11.3. The lowest BCUT2D eigenvalue weighted by molar-refractivity contribution is 0.582. The lowest BCUT2D eigenvalue weighted by Gasteiger charge is -2.06. The highest BCUT2D eigenvalue weighted by Crippen LogP contribution is 2.06. The summed E-state index contributed by atoms with van der Waals surface area (Å²) in [6, 6.07) is 0. The van der Waals surface area contributed by atoms with Gasteiger partial charge in [-0.3, -0.25) is 0 Å². The van der Waals surface area contributed by atoms with Crippen molar-refractivity contribution in [3.05, 3.63) is 0 Å². The highest BCUT2D eigenvalue weighted by Gasteiger charge is 2.14. The minimum absolute atomic E-state index is 0.242. The first-order valence-electron chi connectivity index (χ1n) is 4.28. The molecule has 74 valence electrons. The van der Waals surface area contributed by atoms with Gasteiger partial charge in [0.25, 0.3) is 0 Å². The molecule has 0 unspecified atom stereocenters. The summed E-state index contributed by atoms with van der Waals surface area (Å²) in [5.74, 6) is 0.934. The van der Waals surface area contributed by atoms with Crippen LogP contribution in [0.4, 0.5) is 0 Å². The van der Waals surface area contributed by atoms with Crippen LogP contribution in [0.5, 0.6) is 0 Å². The number of alkyl halides is 1. The van der Waals surface area contributed by atoms with Crippen LogP contribution in [0.2, 0.25) is 0 Å². The Labute approximate surface area is 80.2 Å². The molecule has 0 bridgehead atoms. The first kappa shape index (κ1) is 12.2. The standard InChI is InChI=1S/C8H17ClO2S/c1-8(2)12(10,11)7-5-3-4-6-9/h8H,3-7H2,1-2H3. The van der Waals surface area contributed by atoms with Gasteiger partial charge in [0.2, 0.25) is 0 Å². The second kappa shape index (κ2) is 5.81. The Morgan fingerprint density at radius 2 is 1.75 bits per heavy atom. The van der Waals surface area contributed by atoms with E-state index >= 15 is 0 Å². The van der Waals surface area contributed by atoms with Crippen molar-refractivity contribution in [3.8, 4) is 0 Å². The van der Waals surface area contributed by atoms with Crippen molar-refractivity contribution in [2.75, 3.05) is 11.6 Å². The van der Waals surface area contributed by atoms with Gasteiger partial charge in [-0.15, -0.1) is 11.6 Å². The molecule has 0 amide bonds. The predicted molar refractivity (Wildman–Crippen MR) is 53.5 cm³/mol. The highest BCUT2D eigenvalue weighted by molar-refractivity contribution is 7.91. The Hall–Kier alpha value is 0.240. The van der Waals surface area contributed by atoms with Gasteiger partial charge in [-0.05, 0) is 26.7 Å². The zero-order valence-electron chi connectivity index (χ0n) is 7.72. The van der Waals surface area contributed by atoms with Crippen LogP contribution < -0.4 is 0 Å². The summed E-state index contributed by atoms with van der Waals surface area (Å²) >= 11 is 5.46. The van der Waals surface area contributed by atoms with E-state index in [4.69, 9.17) is 11.6 Å². The second-order valence-electron chi connectivity index (χ2n) is 3.17. The number of sulfone groups is 1. The van der Waals surface area contributed by atoms with Crippen molar-refractivity contribution < 1.29 is 8.42 Å². The van der Waals surface area contributed by atoms with Crippen LogP contribution in [0.1, 0.15) is 33.1 Å². The summed E-state index contributed by atoms with van der Waals surface area (Å²) in [4.78, 5) is 0. The molecule has 0 N–H and O–H groups in total. The van der Waals surface area contributed by atoms with Crippen LogP contribution in [0.15, 0.2) is 0 Å². The smallest absolute Gasteiger partial charge is 0.152 e. The van der Waals surface area contributed by atoms with E-state index < -0.39 is 9.84 Å². The zero-order chi connectivity index (χ0) is 9.61. The molecule has 0 saturated carbocycles. The van der Waals surface area contributed by atoms with Crippen molar-refractivity contribution in [2.45, 2.75) is 38.4 Å². The molecule has 12 heavy (non-hydrogen) atoms. The molecule has 0 spiro atoms. The Bertz CT molecular complexity index is 197. The Kier molecular flexibility index (Phi) is 5.93. The van der Waals surface area contributed by atoms with Crippen LogP contribution in [0.25, 0.3) is 0 Å². The normalized spacial score (nSPS) is 12.3. The van der Waals surface area contributed by atoms with Gasteiger partial charge < -0.3 is 0 Å². The van der Waals surface area contributed by atoms with E-state index in [9.17, 15) is 8.42 Å². The molecule has 0 rings (SSSR count). The first-order valence-corrected chi connectivity index (χ1v) is 6.53. The molecule has 0 aromatic rings. The zero-order valence-corrected chi connectivity index (χ0v) is 9.29. The summed E-state index contributed by atoms with van der Waals surface area (Å²) in [6.07, 6.45) is 2.57. The predicted octanol–water partition coefficient (Wildman–Crippen LogP) is 2.22. The topological polar surface area (TPSA) is 34.1 Å². The summed E-state index contributed by atoms with van der Waals surface area (Å²) in [7, 11) is -2.82. The summed E-state index contributed by atoms with van der Waals surface area (Å²) < 4.78 is 22.5. The highest BCUT2D eigenvalue weighted by atomic mass is 35.5. The maximum Gasteiger partial charge on any atom is 0.152 e. The van der Waals surface area contributed by atoms with Gasteiger partial charge in [0.1, 0.15) is 0 Å². The number of unbranched alkanes of at least 4 members (excludes halogenated alkanes) is 2. The third-order valence-electron chi connectivity index (χ3n) is 1.78. The van der Waals surface area contributed by atoms with Crippen LogP contribution in [0.3, 0.4) is 0 Å². The molecule has 4 heteroatoms. The fourth-order valence-corrected chi connectivity index (χ4v) is 2.08. The van der Waals surface area contributed by atoms with Gasteiger partial charge in [0, 0.05) is 5.88 Å². The summed E-state index contributed by atoms with van der Waals surface area (Å²) in [5, 5.41) is -0.242. The third kappa shape index (κ3) is 4.99. The van der Waals surface area contributed by atoms with Crippen molar-refractivity contribution >= 4 is 21.4 Å². The second-order valence-corrected chi connectivity index (χ2v) is 6.22. The number of halogens is 1. The van der Waals surface area contributed by atoms with Crippen molar-refractivity contribution in [1.29, 1.82) is 0 Å². The average molecular weight is 213 g/mol. The minimum Gasteiger partial charge on any atom is -0.229 e. The van der Waals surface area contributed by atoms with E-state index in [0.29, 0.717) is 11.6 Å². The Balaban J connectivity index is 3.63. The molecule has 0 atom stereocenters. The molecule has 0 aliphatic heterocycles. The fraction of sp³-hybridized carbons (Fsp3) is 1.00. The summed E-state index contributed by atoms with van der Waals surface area (Å²) in [6.45, 7) is 3.44. The van der Waals surface area contributed by atoms with Crippen LogP contribution in [0, 0.1) is 0 Å². The van der Waals surface area contributed by atoms with Crippen LogP contribution >= 0.6 is 11.6 Å². The number of hydrogen-bond donors (Lipinski definition) is 0. The van der Waals surface area contributed by atoms with Crippen LogP contribution in [-0.2, 0) is 9.84 Å². The number of rotatable bonds is 6. The Morgan fingerprint density at radius 1 is 1.17 bits per heavy atom. The fourth-order valence-electron chi connectivity index (χ4n) is 0.810. The van der Waals surface area contributed by atoms with E-state index in [0.717, 1.165) is 19.3 Å². The molecule has 0 saturated heterocycles. The van der Waals surface area contributed by atoms with Crippen molar-refractivity contribution in [1.82, 2.24) is 0 Å². The minimum atomic E-state index is -2.82. The van der Waals surface area contributed by atoms with Crippen molar-refractivity contribution in [3.63, 3.8) is 0 Å². The van der Waals surface area contributed by atoms with E-state index in [1.165, 1.54) is 0 Å². The molecule has 2 nitrogen and oxygen atoms in total. The van der Waals surface area contributed by atoms with Gasteiger partial charge in [0.05, 0.1) is 11.0 Å². The van der Waals surface area contributed by atoms with Gasteiger partial charge in [-0.1, -0.05) is 6.42 Å². The third-order valence-corrected chi connectivity index (χ3v) is 4.34. The lowest BCUT2D eigenvalue weighted by atomic mass is 10.3. The van der Waals surface area contributed by atoms with Crippen LogP contribution in [-0.4, -0.2) is 25.3 Å². The largest absolute Gasteiger partial charge is 0.229 e. The SMILES string of the molecule is CC(C)S(=O)(=O)CCCCCCl. The van der Waals surface area contributed by atoms with E-state index in [2.05, 4.69) is 0 Å². The monoisotopic (exact) mass is 212 g/mol. The quantitative estimate of drug-likeness (QED) is 0.500. The van der Waals surface area contributed by atoms with Gasteiger partial charge >= 0.3 is 0 Å². The van der Waals surface area contributed by atoms with Gasteiger partial charge in [-0.2, -0.15) is 0 Å². The molecule has 0 aliphatic rings. The molecule has 0 aromatic heterocycles. The lowest BCUT2D eigenvalue weighted by Crippen LogP contribution is -2.17. The molecule has 0 aliphatic carbocycles. The summed E-state index contributed by atoms with van der Waals surface area (Å²) in [5.41, 5.74) is 0. The van der Waals surface area contributed by atoms with E-state index in [1.807, 2.05) is 0 Å². The van der Waals surface area contributed by atoms with Gasteiger partial charge in [-0.25, -0.2) is 8.42 Å². The average Bonchev–Trinajstić information content (AvgIpc) is 1.98. The van der Waals surface area contributed by atoms with Crippen molar-refractivity contribution in [2.24, 2.45) is 0 Å². The maximum atomic E-state index is 11.3. The molecular weight excluding hydrogens is 196 g/mol. The van der Waals surface area contributed by atoms with E-state index in [-0.39, 0.29) is 5.25 Å². The Morgan fingerprint density at radius 3 is 2.17 bits per heavy atom. The van der Waals surface area contributed by atoms with Gasteiger partial charge in [0.15, 0.2) is 9.84 Å². The molecule has 0 heterocycles. The molecule has 0 fully saturated rings.